The second-order valence-corrected chi connectivity index (χ2v) is 6.63. The average Bonchev–Trinajstić information content (AvgIpc) is 2.99. The van der Waals surface area contributed by atoms with Gasteiger partial charge in [-0.25, -0.2) is 4.98 Å². The molecule has 1 aliphatic rings. The van der Waals surface area contributed by atoms with Gasteiger partial charge < -0.3 is 14.9 Å². The van der Waals surface area contributed by atoms with Crippen LogP contribution in [0.5, 0.6) is 0 Å². The molecule has 0 bridgehead atoms. The monoisotopic (exact) mass is 337 g/mol. The molecule has 0 saturated heterocycles. The van der Waals surface area contributed by atoms with Crippen LogP contribution in [0.25, 0.3) is 22.4 Å². The summed E-state index contributed by atoms with van der Waals surface area (Å²) >= 11 is 0. The Morgan fingerprint density at radius 2 is 2.08 bits per heavy atom. The number of aliphatic hydroxyl groups is 1. The predicted molar refractivity (Wildman–Crippen MR) is 93.1 cm³/mol. The standard InChI is InChI=1S/C19H19N3O3/c1-12-16-14(17(23)20-11-19(24)8-5-9-19)10-15(21-18(16)25-22-12)13-6-3-2-4-7-13/h2-4,6-7,10,24H,5,8-9,11H2,1H3,(H,20,23). The van der Waals surface area contributed by atoms with E-state index >= 15 is 0 Å². The molecule has 0 unspecified atom stereocenters. The fourth-order valence-corrected chi connectivity index (χ4v) is 3.13. The summed E-state index contributed by atoms with van der Waals surface area (Å²) in [6.07, 6.45) is 2.44. The van der Waals surface area contributed by atoms with Crippen LogP contribution in [0.4, 0.5) is 0 Å². The van der Waals surface area contributed by atoms with Crippen molar-refractivity contribution in [2.45, 2.75) is 31.8 Å². The van der Waals surface area contributed by atoms with Gasteiger partial charge in [0.2, 0.25) is 0 Å². The number of nitrogens with zero attached hydrogens (tertiary/aromatic N) is 2. The number of carbonyl (C=O) groups is 1. The van der Waals surface area contributed by atoms with E-state index < -0.39 is 5.60 Å². The van der Waals surface area contributed by atoms with Gasteiger partial charge in [0.05, 0.1) is 27.9 Å². The Hall–Kier alpha value is -2.73. The first-order valence-electron chi connectivity index (χ1n) is 8.39. The van der Waals surface area contributed by atoms with Gasteiger partial charge in [0.1, 0.15) is 0 Å². The molecule has 2 N–H and O–H groups in total. The van der Waals surface area contributed by atoms with E-state index in [1.165, 1.54) is 0 Å². The zero-order chi connectivity index (χ0) is 17.4. The van der Waals surface area contributed by atoms with Crippen molar-refractivity contribution in [1.29, 1.82) is 0 Å². The third-order valence-electron chi connectivity index (χ3n) is 4.79. The number of pyridine rings is 1. The molecule has 25 heavy (non-hydrogen) atoms. The summed E-state index contributed by atoms with van der Waals surface area (Å²) in [5.74, 6) is -0.254. The lowest BCUT2D eigenvalue weighted by Gasteiger charge is -2.36. The van der Waals surface area contributed by atoms with Crippen LogP contribution in [-0.4, -0.2) is 33.3 Å². The first-order chi connectivity index (χ1) is 12.1. The molecule has 1 aliphatic carbocycles. The zero-order valence-corrected chi connectivity index (χ0v) is 14.0. The van der Waals surface area contributed by atoms with Crippen LogP contribution in [0, 0.1) is 6.92 Å². The lowest BCUT2D eigenvalue weighted by molar-refractivity contribution is -0.0300. The Labute approximate surface area is 144 Å². The smallest absolute Gasteiger partial charge is 0.259 e. The van der Waals surface area contributed by atoms with Crippen molar-refractivity contribution in [3.05, 3.63) is 47.7 Å². The van der Waals surface area contributed by atoms with Gasteiger partial charge in [-0.1, -0.05) is 35.5 Å². The Kier molecular flexibility index (Phi) is 3.77. The van der Waals surface area contributed by atoms with Gasteiger partial charge in [0, 0.05) is 12.1 Å². The summed E-state index contributed by atoms with van der Waals surface area (Å²) in [5.41, 5.74) is 2.20. The van der Waals surface area contributed by atoms with Gasteiger partial charge in [-0.2, -0.15) is 0 Å². The van der Waals surface area contributed by atoms with E-state index in [0.717, 1.165) is 24.8 Å². The average molecular weight is 337 g/mol. The van der Waals surface area contributed by atoms with Crippen LogP contribution in [0.15, 0.2) is 40.9 Å². The Morgan fingerprint density at radius 1 is 1.32 bits per heavy atom. The van der Waals surface area contributed by atoms with E-state index in [4.69, 9.17) is 4.52 Å². The number of rotatable bonds is 4. The number of benzene rings is 1. The second-order valence-electron chi connectivity index (χ2n) is 6.63. The number of carbonyl (C=O) groups excluding carboxylic acids is 1. The van der Waals surface area contributed by atoms with Crippen LogP contribution < -0.4 is 5.32 Å². The molecule has 4 rings (SSSR count). The molecule has 0 spiro atoms. The molecular weight excluding hydrogens is 318 g/mol. The van der Waals surface area contributed by atoms with Crippen molar-refractivity contribution in [2.75, 3.05) is 6.54 Å². The molecule has 1 fully saturated rings. The van der Waals surface area contributed by atoms with Crippen LogP contribution >= 0.6 is 0 Å². The largest absolute Gasteiger partial charge is 0.388 e. The maximum Gasteiger partial charge on any atom is 0.259 e. The lowest BCUT2D eigenvalue weighted by atomic mass is 9.80. The summed E-state index contributed by atoms with van der Waals surface area (Å²) in [4.78, 5) is 17.2. The quantitative estimate of drug-likeness (QED) is 0.764. The highest BCUT2D eigenvalue weighted by Crippen LogP contribution is 2.31. The molecule has 2 heterocycles. The summed E-state index contributed by atoms with van der Waals surface area (Å²) in [6.45, 7) is 2.03. The lowest BCUT2D eigenvalue weighted by Crippen LogP contribution is -2.47. The van der Waals surface area contributed by atoms with Gasteiger partial charge in [-0.3, -0.25) is 4.79 Å². The molecular formula is C19H19N3O3. The van der Waals surface area contributed by atoms with E-state index in [1.807, 2.05) is 30.3 Å². The SMILES string of the molecule is Cc1noc2nc(-c3ccccc3)cc(C(=O)NCC3(O)CCC3)c12. The van der Waals surface area contributed by atoms with Gasteiger partial charge in [-0.05, 0) is 32.3 Å². The van der Waals surface area contributed by atoms with Crippen LogP contribution in [0.3, 0.4) is 0 Å². The van der Waals surface area contributed by atoms with E-state index in [2.05, 4.69) is 15.5 Å². The van der Waals surface area contributed by atoms with E-state index in [-0.39, 0.29) is 12.5 Å². The summed E-state index contributed by atoms with van der Waals surface area (Å²) < 4.78 is 5.29. The molecule has 128 valence electrons. The summed E-state index contributed by atoms with van der Waals surface area (Å²) in [7, 11) is 0. The number of nitrogens with one attached hydrogen (secondary N) is 1. The summed E-state index contributed by atoms with van der Waals surface area (Å²) in [5, 5.41) is 17.6. The maximum absolute atomic E-state index is 12.8. The summed E-state index contributed by atoms with van der Waals surface area (Å²) in [6, 6.07) is 11.4. The Bertz CT molecular complexity index is 930. The molecule has 1 saturated carbocycles. The Balaban J connectivity index is 1.73. The van der Waals surface area contributed by atoms with E-state index in [9.17, 15) is 9.90 Å². The fraction of sp³-hybridized carbons (Fsp3) is 0.316. The molecule has 1 amide bonds. The number of hydrogen-bond acceptors (Lipinski definition) is 5. The minimum Gasteiger partial charge on any atom is -0.388 e. The number of fused-ring (bicyclic) bond motifs is 1. The number of amides is 1. The van der Waals surface area contributed by atoms with Crippen molar-refractivity contribution in [3.63, 3.8) is 0 Å². The van der Waals surface area contributed by atoms with Crippen LogP contribution in [0.2, 0.25) is 0 Å². The minimum absolute atomic E-state index is 0.251. The van der Waals surface area contributed by atoms with Crippen molar-refractivity contribution in [2.24, 2.45) is 0 Å². The van der Waals surface area contributed by atoms with E-state index in [0.29, 0.717) is 28.1 Å². The van der Waals surface area contributed by atoms with Crippen LogP contribution in [0.1, 0.15) is 35.3 Å². The van der Waals surface area contributed by atoms with Crippen molar-refractivity contribution in [3.8, 4) is 11.3 Å². The third-order valence-corrected chi connectivity index (χ3v) is 4.79. The van der Waals surface area contributed by atoms with Crippen LogP contribution in [-0.2, 0) is 0 Å². The highest BCUT2D eigenvalue weighted by molar-refractivity contribution is 6.07. The zero-order valence-electron chi connectivity index (χ0n) is 14.0. The van der Waals surface area contributed by atoms with Crippen molar-refractivity contribution < 1.29 is 14.4 Å². The van der Waals surface area contributed by atoms with Gasteiger partial charge in [-0.15, -0.1) is 0 Å². The predicted octanol–water partition coefficient (Wildman–Crippen LogP) is 2.84. The van der Waals surface area contributed by atoms with Gasteiger partial charge in [0.25, 0.3) is 11.6 Å². The van der Waals surface area contributed by atoms with Crippen molar-refractivity contribution in [1.82, 2.24) is 15.5 Å². The topological polar surface area (TPSA) is 88.2 Å². The molecule has 0 radical (unpaired) electrons. The first kappa shape index (κ1) is 15.8. The highest BCUT2D eigenvalue weighted by Gasteiger charge is 2.34. The third kappa shape index (κ3) is 2.89. The minimum atomic E-state index is -0.770. The Morgan fingerprint density at radius 3 is 2.76 bits per heavy atom. The fourth-order valence-electron chi connectivity index (χ4n) is 3.13. The molecule has 3 aromatic rings. The molecule has 6 nitrogen and oxygen atoms in total. The normalized spacial score (nSPS) is 15.8. The molecule has 1 aromatic carbocycles. The second kappa shape index (κ2) is 5.97. The van der Waals surface area contributed by atoms with Gasteiger partial charge in [0.15, 0.2) is 0 Å². The molecule has 0 atom stereocenters. The number of hydrogen-bond donors (Lipinski definition) is 2. The van der Waals surface area contributed by atoms with E-state index in [1.54, 1.807) is 13.0 Å². The number of aryl methyl sites for hydroxylation is 1. The first-order valence-corrected chi connectivity index (χ1v) is 8.39. The highest BCUT2D eigenvalue weighted by atomic mass is 16.5. The van der Waals surface area contributed by atoms with Crippen molar-refractivity contribution >= 4 is 17.0 Å². The molecule has 0 aliphatic heterocycles. The molecule has 2 aromatic heterocycles. The molecule has 6 heteroatoms. The maximum atomic E-state index is 12.8. The van der Waals surface area contributed by atoms with Gasteiger partial charge >= 0.3 is 0 Å². The number of aromatic nitrogens is 2.